The number of hydrogen-bond donors (Lipinski definition) is 1. The van der Waals surface area contributed by atoms with Gasteiger partial charge in [-0.15, -0.1) is 0 Å². The highest BCUT2D eigenvalue weighted by molar-refractivity contribution is 5.22. The van der Waals surface area contributed by atoms with E-state index in [9.17, 15) is 0 Å². The second-order valence-electron chi connectivity index (χ2n) is 6.34. The van der Waals surface area contributed by atoms with Crippen molar-refractivity contribution in [2.45, 2.75) is 64.7 Å². The summed E-state index contributed by atoms with van der Waals surface area (Å²) in [5.74, 6) is 0.963. The molecule has 1 heteroatoms. The summed E-state index contributed by atoms with van der Waals surface area (Å²) in [5.41, 5.74) is 2.97. The molecule has 1 nitrogen and oxygen atoms in total. The molecule has 112 valence electrons. The lowest BCUT2D eigenvalue weighted by molar-refractivity contribution is 0.346. The quantitative estimate of drug-likeness (QED) is 0.674. The van der Waals surface area contributed by atoms with Gasteiger partial charge in [0.2, 0.25) is 0 Å². The molecule has 1 N–H and O–H groups in total. The second kappa shape index (κ2) is 9.18. The fraction of sp³-hybridized carbons (Fsp3) is 0.684. The van der Waals surface area contributed by atoms with Gasteiger partial charge in [-0.1, -0.05) is 50.5 Å². The molecule has 1 aliphatic rings. The van der Waals surface area contributed by atoms with E-state index in [1.807, 2.05) is 0 Å². The molecule has 0 amide bonds. The van der Waals surface area contributed by atoms with E-state index in [1.54, 1.807) is 0 Å². The topological polar surface area (TPSA) is 12.0 Å². The third-order valence-electron chi connectivity index (χ3n) is 4.66. The van der Waals surface area contributed by atoms with Gasteiger partial charge in [0.25, 0.3) is 0 Å². The lowest BCUT2D eigenvalue weighted by Gasteiger charge is -2.22. The van der Waals surface area contributed by atoms with E-state index in [4.69, 9.17) is 0 Å². The summed E-state index contributed by atoms with van der Waals surface area (Å²) in [6.07, 6.45) is 12.3. The van der Waals surface area contributed by atoms with Gasteiger partial charge < -0.3 is 5.32 Å². The molecule has 0 aromatic heterocycles. The Morgan fingerprint density at radius 1 is 1.00 bits per heavy atom. The monoisotopic (exact) mass is 273 g/mol. The van der Waals surface area contributed by atoms with Crippen LogP contribution in [0.15, 0.2) is 24.3 Å². The standard InChI is InChI=1S/C19H31N/c1-2-17-11-13-18(14-12-17)8-5-3-4-6-9-19-10-7-15-20-16-19/h11-14,19-20H,2-10,15-16H2,1H3. The first-order valence-electron chi connectivity index (χ1n) is 8.67. The zero-order chi connectivity index (χ0) is 14.0. The molecule has 1 saturated heterocycles. The van der Waals surface area contributed by atoms with Gasteiger partial charge in [0.05, 0.1) is 0 Å². The van der Waals surface area contributed by atoms with Gasteiger partial charge in [-0.05, 0) is 68.7 Å². The number of unbranched alkanes of at least 4 members (excludes halogenated alkanes) is 3. The molecular formula is C19H31N. The van der Waals surface area contributed by atoms with Gasteiger partial charge in [-0.3, -0.25) is 0 Å². The van der Waals surface area contributed by atoms with Gasteiger partial charge in [0.15, 0.2) is 0 Å². The number of hydrogen-bond acceptors (Lipinski definition) is 1. The van der Waals surface area contributed by atoms with Crippen molar-refractivity contribution in [2.75, 3.05) is 13.1 Å². The van der Waals surface area contributed by atoms with Crippen molar-refractivity contribution in [3.05, 3.63) is 35.4 Å². The van der Waals surface area contributed by atoms with Crippen LogP contribution in [0.2, 0.25) is 0 Å². The predicted octanol–water partition coefficient (Wildman–Crippen LogP) is 4.74. The molecule has 1 aromatic carbocycles. The van der Waals surface area contributed by atoms with E-state index in [-0.39, 0.29) is 0 Å². The molecule has 1 aliphatic heterocycles. The van der Waals surface area contributed by atoms with Crippen LogP contribution in [0.1, 0.15) is 63.0 Å². The molecule has 1 aromatic rings. The zero-order valence-electron chi connectivity index (χ0n) is 13.2. The molecule has 1 fully saturated rings. The Kier molecular flexibility index (Phi) is 7.14. The Hall–Kier alpha value is -0.820. The summed E-state index contributed by atoms with van der Waals surface area (Å²) in [6.45, 7) is 4.73. The SMILES string of the molecule is CCc1ccc(CCCCCCC2CCCNC2)cc1. The van der Waals surface area contributed by atoms with Crippen molar-refractivity contribution in [1.82, 2.24) is 5.32 Å². The highest BCUT2D eigenvalue weighted by Gasteiger charge is 2.11. The van der Waals surface area contributed by atoms with E-state index in [0.717, 1.165) is 12.3 Å². The third-order valence-corrected chi connectivity index (χ3v) is 4.66. The maximum atomic E-state index is 3.52. The summed E-state index contributed by atoms with van der Waals surface area (Å²) >= 11 is 0. The van der Waals surface area contributed by atoms with Crippen molar-refractivity contribution < 1.29 is 0 Å². The molecule has 2 rings (SSSR count). The third kappa shape index (κ3) is 5.66. The fourth-order valence-corrected chi connectivity index (χ4v) is 3.23. The lowest BCUT2D eigenvalue weighted by atomic mass is 9.93. The van der Waals surface area contributed by atoms with Crippen molar-refractivity contribution in [2.24, 2.45) is 5.92 Å². The van der Waals surface area contributed by atoms with Gasteiger partial charge in [-0.2, -0.15) is 0 Å². The van der Waals surface area contributed by atoms with E-state index < -0.39 is 0 Å². The largest absolute Gasteiger partial charge is 0.316 e. The smallest absolute Gasteiger partial charge is 0.00205 e. The summed E-state index contributed by atoms with van der Waals surface area (Å²) in [7, 11) is 0. The minimum absolute atomic E-state index is 0.963. The van der Waals surface area contributed by atoms with E-state index in [1.165, 1.54) is 75.6 Å². The molecule has 0 radical (unpaired) electrons. The number of aryl methyl sites for hydroxylation is 2. The lowest BCUT2D eigenvalue weighted by Crippen LogP contribution is -2.29. The average molecular weight is 273 g/mol. The average Bonchev–Trinajstić information content (AvgIpc) is 2.52. The first-order chi connectivity index (χ1) is 9.88. The van der Waals surface area contributed by atoms with Crippen molar-refractivity contribution in [1.29, 1.82) is 0 Å². The summed E-state index contributed by atoms with van der Waals surface area (Å²) < 4.78 is 0. The van der Waals surface area contributed by atoms with Crippen LogP contribution in [0.5, 0.6) is 0 Å². The second-order valence-corrected chi connectivity index (χ2v) is 6.34. The van der Waals surface area contributed by atoms with E-state index in [2.05, 4.69) is 36.5 Å². The van der Waals surface area contributed by atoms with Gasteiger partial charge in [0, 0.05) is 0 Å². The number of rotatable bonds is 8. The fourth-order valence-electron chi connectivity index (χ4n) is 3.23. The van der Waals surface area contributed by atoms with Crippen LogP contribution in [0.25, 0.3) is 0 Å². The Morgan fingerprint density at radius 2 is 1.75 bits per heavy atom. The Labute approximate surface area is 125 Å². The van der Waals surface area contributed by atoms with Gasteiger partial charge >= 0.3 is 0 Å². The molecule has 20 heavy (non-hydrogen) atoms. The number of piperidine rings is 1. The van der Waals surface area contributed by atoms with Crippen LogP contribution in [0, 0.1) is 5.92 Å². The molecule has 0 saturated carbocycles. The van der Waals surface area contributed by atoms with Crippen molar-refractivity contribution in [3.63, 3.8) is 0 Å². The molecule has 1 atom stereocenters. The minimum Gasteiger partial charge on any atom is -0.316 e. The van der Waals surface area contributed by atoms with E-state index in [0.29, 0.717) is 0 Å². The molecule has 1 unspecified atom stereocenters. The van der Waals surface area contributed by atoms with Crippen molar-refractivity contribution in [3.8, 4) is 0 Å². The van der Waals surface area contributed by atoms with Crippen LogP contribution in [-0.2, 0) is 12.8 Å². The minimum atomic E-state index is 0.963. The summed E-state index contributed by atoms with van der Waals surface area (Å²) in [5, 5.41) is 3.52. The van der Waals surface area contributed by atoms with Crippen LogP contribution < -0.4 is 5.32 Å². The summed E-state index contributed by atoms with van der Waals surface area (Å²) in [4.78, 5) is 0. The van der Waals surface area contributed by atoms with Gasteiger partial charge in [-0.25, -0.2) is 0 Å². The molecule has 1 heterocycles. The first kappa shape index (κ1) is 15.6. The molecular weight excluding hydrogens is 242 g/mol. The normalized spacial score (nSPS) is 19.1. The number of nitrogens with one attached hydrogen (secondary N) is 1. The Balaban J connectivity index is 1.50. The Bertz CT molecular complexity index is 349. The van der Waals surface area contributed by atoms with Crippen molar-refractivity contribution >= 4 is 0 Å². The van der Waals surface area contributed by atoms with E-state index >= 15 is 0 Å². The summed E-state index contributed by atoms with van der Waals surface area (Å²) in [6, 6.07) is 9.19. The molecule has 0 aliphatic carbocycles. The van der Waals surface area contributed by atoms with Crippen LogP contribution in [0.3, 0.4) is 0 Å². The first-order valence-corrected chi connectivity index (χ1v) is 8.67. The van der Waals surface area contributed by atoms with Crippen LogP contribution in [-0.4, -0.2) is 13.1 Å². The predicted molar refractivity (Wildman–Crippen MR) is 88.2 cm³/mol. The number of benzene rings is 1. The maximum absolute atomic E-state index is 3.52. The van der Waals surface area contributed by atoms with Crippen LogP contribution >= 0.6 is 0 Å². The molecule has 0 bridgehead atoms. The highest BCUT2D eigenvalue weighted by atomic mass is 14.9. The highest BCUT2D eigenvalue weighted by Crippen LogP contribution is 2.18. The Morgan fingerprint density at radius 3 is 2.45 bits per heavy atom. The van der Waals surface area contributed by atoms with Gasteiger partial charge in [0.1, 0.15) is 0 Å². The molecule has 0 spiro atoms. The maximum Gasteiger partial charge on any atom is -0.00205 e. The zero-order valence-corrected chi connectivity index (χ0v) is 13.2. The van der Waals surface area contributed by atoms with Crippen LogP contribution in [0.4, 0.5) is 0 Å².